The highest BCUT2D eigenvalue weighted by Gasteiger charge is 2.16. The molecule has 0 saturated carbocycles. The van der Waals surface area contributed by atoms with Gasteiger partial charge in [0.2, 0.25) is 5.76 Å². The molecule has 2 N–H and O–H groups in total. The SMILES string of the molecule is CCOc1cc(C=NNC(=O)C(=O)Nc2cc(OC)ccc2OC)ccc1OCc1ccc(C(=O)OC)o1. The molecule has 0 unspecified atom stereocenters. The Bertz CT molecular complexity index is 1320. The van der Waals surface area contributed by atoms with Gasteiger partial charge in [0.1, 0.15) is 23.9 Å². The first-order chi connectivity index (χ1) is 18.4. The van der Waals surface area contributed by atoms with Gasteiger partial charge >= 0.3 is 17.8 Å². The fourth-order valence-electron chi connectivity index (χ4n) is 3.11. The van der Waals surface area contributed by atoms with Crippen molar-refractivity contribution in [3.05, 3.63) is 65.6 Å². The number of amides is 2. The minimum atomic E-state index is -0.985. The van der Waals surface area contributed by atoms with Gasteiger partial charge in [-0.2, -0.15) is 5.10 Å². The smallest absolute Gasteiger partial charge is 0.373 e. The second-order valence-electron chi connectivity index (χ2n) is 7.40. The van der Waals surface area contributed by atoms with Crippen LogP contribution in [0.2, 0.25) is 0 Å². The summed E-state index contributed by atoms with van der Waals surface area (Å²) < 4.78 is 31.7. The third kappa shape index (κ3) is 7.26. The number of esters is 1. The minimum Gasteiger partial charge on any atom is -0.497 e. The Hall–Kier alpha value is -5.00. The Labute approximate surface area is 218 Å². The molecular weight excluding hydrogens is 498 g/mol. The molecule has 38 heavy (non-hydrogen) atoms. The lowest BCUT2D eigenvalue weighted by molar-refractivity contribution is -0.136. The molecule has 12 heteroatoms. The minimum absolute atomic E-state index is 0.0494. The first-order valence-corrected chi connectivity index (χ1v) is 11.3. The van der Waals surface area contributed by atoms with Crippen molar-refractivity contribution >= 4 is 29.7 Å². The monoisotopic (exact) mass is 525 g/mol. The van der Waals surface area contributed by atoms with Crippen LogP contribution < -0.4 is 29.7 Å². The number of carbonyl (C=O) groups excluding carboxylic acids is 3. The van der Waals surface area contributed by atoms with Gasteiger partial charge in [-0.15, -0.1) is 0 Å². The van der Waals surface area contributed by atoms with Gasteiger partial charge in [0.15, 0.2) is 11.5 Å². The summed E-state index contributed by atoms with van der Waals surface area (Å²) in [6.07, 6.45) is 1.35. The Kier molecular flexibility index (Phi) is 9.69. The summed E-state index contributed by atoms with van der Waals surface area (Å²) in [5, 5.41) is 6.29. The molecule has 3 aromatic rings. The molecule has 1 aromatic heterocycles. The van der Waals surface area contributed by atoms with Crippen LogP contribution in [0.1, 0.15) is 28.8 Å². The van der Waals surface area contributed by atoms with E-state index < -0.39 is 17.8 Å². The van der Waals surface area contributed by atoms with E-state index in [2.05, 4.69) is 20.6 Å². The number of anilines is 1. The van der Waals surface area contributed by atoms with Gasteiger partial charge in [0, 0.05) is 6.07 Å². The number of hydrogen-bond acceptors (Lipinski definition) is 10. The third-order valence-electron chi connectivity index (χ3n) is 4.93. The van der Waals surface area contributed by atoms with Crippen LogP contribution in [0.15, 0.2) is 58.0 Å². The summed E-state index contributed by atoms with van der Waals surface area (Å²) in [6, 6.07) is 12.9. The molecule has 0 aliphatic rings. The lowest BCUT2D eigenvalue weighted by atomic mass is 10.2. The van der Waals surface area contributed by atoms with Gasteiger partial charge in [0.25, 0.3) is 0 Å². The van der Waals surface area contributed by atoms with E-state index in [-0.39, 0.29) is 18.1 Å². The first kappa shape index (κ1) is 27.6. The van der Waals surface area contributed by atoms with Crippen molar-refractivity contribution in [3.63, 3.8) is 0 Å². The van der Waals surface area contributed by atoms with Crippen LogP contribution in [-0.4, -0.2) is 51.9 Å². The van der Waals surface area contributed by atoms with Crippen LogP contribution in [0.3, 0.4) is 0 Å². The maximum absolute atomic E-state index is 12.3. The highest BCUT2D eigenvalue weighted by Crippen LogP contribution is 2.30. The zero-order valence-electron chi connectivity index (χ0n) is 21.2. The summed E-state index contributed by atoms with van der Waals surface area (Å²) in [4.78, 5) is 36.0. The van der Waals surface area contributed by atoms with Crippen molar-refractivity contribution in [2.75, 3.05) is 33.3 Å². The van der Waals surface area contributed by atoms with Crippen LogP contribution in [0, 0.1) is 0 Å². The molecule has 0 radical (unpaired) electrons. The summed E-state index contributed by atoms with van der Waals surface area (Å²) in [5.74, 6) is -0.335. The molecule has 3 rings (SSSR count). The highest BCUT2D eigenvalue weighted by molar-refractivity contribution is 6.39. The van der Waals surface area contributed by atoms with E-state index >= 15 is 0 Å². The topological polar surface area (TPSA) is 147 Å². The Morgan fingerprint density at radius 1 is 0.895 bits per heavy atom. The maximum Gasteiger partial charge on any atom is 0.373 e. The molecule has 0 bridgehead atoms. The molecule has 0 spiro atoms. The molecule has 200 valence electrons. The van der Waals surface area contributed by atoms with Crippen molar-refractivity contribution in [2.45, 2.75) is 13.5 Å². The number of carbonyl (C=O) groups is 3. The number of nitrogens with zero attached hydrogens (tertiary/aromatic N) is 1. The molecule has 1 heterocycles. The van der Waals surface area contributed by atoms with E-state index in [0.717, 1.165) is 0 Å². The number of methoxy groups -OCH3 is 3. The van der Waals surface area contributed by atoms with Crippen molar-refractivity contribution < 1.29 is 42.5 Å². The number of nitrogens with one attached hydrogen (secondary N) is 2. The average molecular weight is 526 g/mol. The predicted molar refractivity (Wildman–Crippen MR) is 136 cm³/mol. The van der Waals surface area contributed by atoms with Crippen LogP contribution >= 0.6 is 0 Å². The molecule has 0 aliphatic carbocycles. The summed E-state index contributed by atoms with van der Waals surface area (Å²) >= 11 is 0. The van der Waals surface area contributed by atoms with E-state index in [0.29, 0.717) is 40.9 Å². The molecule has 0 aliphatic heterocycles. The fraction of sp³-hybridized carbons (Fsp3) is 0.231. The number of hydrogen-bond donors (Lipinski definition) is 2. The van der Waals surface area contributed by atoms with Crippen molar-refractivity contribution in [2.24, 2.45) is 5.10 Å². The standard InChI is InChI=1S/C26H27N3O9/c1-5-36-23-12-16(6-9-21(23)37-15-18-8-11-22(38-18)26(32)35-4)14-27-29-25(31)24(30)28-19-13-17(33-2)7-10-20(19)34-3/h6-14H,5,15H2,1-4H3,(H,28,30)(H,29,31). The third-order valence-corrected chi connectivity index (χ3v) is 4.93. The predicted octanol–water partition coefficient (Wildman–Crippen LogP) is 3.15. The second kappa shape index (κ2) is 13.3. The average Bonchev–Trinajstić information content (AvgIpc) is 3.41. The van der Waals surface area contributed by atoms with E-state index in [1.54, 1.807) is 36.4 Å². The summed E-state index contributed by atoms with van der Waals surface area (Å²) in [6.45, 7) is 2.23. The van der Waals surface area contributed by atoms with E-state index in [1.165, 1.54) is 39.7 Å². The Balaban J connectivity index is 1.61. The van der Waals surface area contributed by atoms with E-state index in [1.807, 2.05) is 6.92 Å². The van der Waals surface area contributed by atoms with Crippen molar-refractivity contribution in [3.8, 4) is 23.0 Å². The summed E-state index contributed by atoms with van der Waals surface area (Å²) in [5.41, 5.74) is 3.01. The van der Waals surface area contributed by atoms with Gasteiger partial charge in [-0.3, -0.25) is 9.59 Å². The maximum atomic E-state index is 12.3. The van der Waals surface area contributed by atoms with Gasteiger partial charge in [-0.05, 0) is 55.0 Å². The number of rotatable bonds is 11. The molecular formula is C26H27N3O9. The second-order valence-corrected chi connectivity index (χ2v) is 7.40. The number of hydrazone groups is 1. The number of benzene rings is 2. The van der Waals surface area contributed by atoms with Gasteiger partial charge in [0.05, 0.1) is 39.8 Å². The molecule has 0 atom stereocenters. The number of ether oxygens (including phenoxy) is 5. The molecule has 12 nitrogen and oxygen atoms in total. The lowest BCUT2D eigenvalue weighted by Gasteiger charge is -2.12. The Morgan fingerprint density at radius 3 is 2.39 bits per heavy atom. The summed E-state index contributed by atoms with van der Waals surface area (Å²) in [7, 11) is 4.18. The normalized spacial score (nSPS) is 10.5. The van der Waals surface area contributed by atoms with Gasteiger partial charge in [-0.25, -0.2) is 10.2 Å². The van der Waals surface area contributed by atoms with Gasteiger partial charge < -0.3 is 33.4 Å². The van der Waals surface area contributed by atoms with Gasteiger partial charge in [-0.1, -0.05) is 0 Å². The van der Waals surface area contributed by atoms with Crippen molar-refractivity contribution in [1.29, 1.82) is 0 Å². The molecule has 2 aromatic carbocycles. The molecule has 0 saturated heterocycles. The van der Waals surface area contributed by atoms with Crippen LogP contribution in [0.4, 0.5) is 5.69 Å². The zero-order valence-corrected chi connectivity index (χ0v) is 21.2. The molecule has 2 amide bonds. The van der Waals surface area contributed by atoms with E-state index in [4.69, 9.17) is 23.4 Å². The quantitative estimate of drug-likeness (QED) is 0.167. The van der Waals surface area contributed by atoms with Crippen LogP contribution in [0.5, 0.6) is 23.0 Å². The highest BCUT2D eigenvalue weighted by atomic mass is 16.5. The Morgan fingerprint density at radius 2 is 1.68 bits per heavy atom. The largest absolute Gasteiger partial charge is 0.497 e. The molecule has 0 fully saturated rings. The van der Waals surface area contributed by atoms with E-state index in [9.17, 15) is 14.4 Å². The lowest BCUT2D eigenvalue weighted by Crippen LogP contribution is -2.32. The fourth-order valence-corrected chi connectivity index (χ4v) is 3.11. The zero-order chi connectivity index (χ0) is 27.5. The van der Waals surface area contributed by atoms with Crippen LogP contribution in [0.25, 0.3) is 0 Å². The first-order valence-electron chi connectivity index (χ1n) is 11.3. The van der Waals surface area contributed by atoms with Crippen molar-refractivity contribution in [1.82, 2.24) is 5.43 Å². The van der Waals surface area contributed by atoms with Crippen LogP contribution in [-0.2, 0) is 20.9 Å². The number of furan rings is 1.